The van der Waals surface area contributed by atoms with Crippen molar-refractivity contribution in [2.45, 2.75) is 13.0 Å². The van der Waals surface area contributed by atoms with E-state index in [2.05, 4.69) is 5.32 Å². The lowest BCUT2D eigenvalue weighted by molar-refractivity contribution is -0.140. The molecule has 1 amide bonds. The molecule has 0 aromatic heterocycles. The van der Waals surface area contributed by atoms with E-state index in [0.29, 0.717) is 0 Å². The van der Waals surface area contributed by atoms with Crippen molar-refractivity contribution in [2.75, 3.05) is 0 Å². The molecule has 0 bridgehead atoms. The second-order valence-electron chi connectivity index (χ2n) is 3.54. The van der Waals surface area contributed by atoms with Crippen LogP contribution in [0.4, 0.5) is 4.39 Å². The Hall–Kier alpha value is -1.88. The summed E-state index contributed by atoms with van der Waals surface area (Å²) in [6, 6.07) is 3.13. The Morgan fingerprint density at radius 2 is 2.17 bits per heavy atom. The second kappa shape index (κ2) is 6.16. The Balaban J connectivity index is 2.75. The fourth-order valence-electron chi connectivity index (χ4n) is 1.15. The van der Waals surface area contributed by atoms with Crippen molar-refractivity contribution in [3.8, 4) is 0 Å². The number of hydrogen-bond donors (Lipinski definition) is 2. The molecule has 0 unspecified atom stereocenters. The van der Waals surface area contributed by atoms with E-state index in [1.165, 1.54) is 31.2 Å². The molecule has 4 nitrogen and oxygen atoms in total. The lowest BCUT2D eigenvalue weighted by Gasteiger charge is -2.06. The predicted octanol–water partition coefficient (Wildman–Crippen LogP) is 2.08. The number of carbonyl (C=O) groups is 2. The Morgan fingerprint density at radius 1 is 1.50 bits per heavy atom. The highest BCUT2D eigenvalue weighted by atomic mass is 35.5. The average molecular weight is 272 g/mol. The Labute approximate surface area is 108 Å². The van der Waals surface area contributed by atoms with E-state index in [0.717, 1.165) is 6.08 Å². The van der Waals surface area contributed by atoms with Gasteiger partial charge in [0.05, 0.1) is 5.02 Å². The summed E-state index contributed by atoms with van der Waals surface area (Å²) in [6.45, 7) is 1.32. The van der Waals surface area contributed by atoms with Crippen LogP contribution in [0, 0.1) is 5.82 Å². The number of carboxylic acid groups (broad SMARTS) is 1. The maximum atomic E-state index is 13.3. The smallest absolute Gasteiger partial charge is 0.325 e. The second-order valence-corrected chi connectivity index (χ2v) is 3.94. The topological polar surface area (TPSA) is 66.4 Å². The van der Waals surface area contributed by atoms with Gasteiger partial charge in [0.15, 0.2) is 0 Å². The zero-order valence-electron chi connectivity index (χ0n) is 9.48. The van der Waals surface area contributed by atoms with Gasteiger partial charge < -0.3 is 10.4 Å². The maximum Gasteiger partial charge on any atom is 0.325 e. The minimum absolute atomic E-state index is 0.0808. The maximum absolute atomic E-state index is 13.3. The fourth-order valence-corrected chi connectivity index (χ4v) is 1.38. The van der Waals surface area contributed by atoms with E-state index < -0.39 is 23.7 Å². The molecule has 1 atom stereocenters. The summed E-state index contributed by atoms with van der Waals surface area (Å²) in [6.07, 6.45) is 2.23. The van der Waals surface area contributed by atoms with Gasteiger partial charge in [-0.1, -0.05) is 17.7 Å². The zero-order chi connectivity index (χ0) is 13.7. The lowest BCUT2D eigenvalue weighted by Crippen LogP contribution is -2.37. The van der Waals surface area contributed by atoms with Gasteiger partial charge in [0.25, 0.3) is 0 Å². The Morgan fingerprint density at radius 3 is 2.72 bits per heavy atom. The zero-order valence-corrected chi connectivity index (χ0v) is 10.2. The monoisotopic (exact) mass is 271 g/mol. The van der Waals surface area contributed by atoms with Crippen molar-refractivity contribution < 1.29 is 19.1 Å². The van der Waals surface area contributed by atoms with Gasteiger partial charge in [-0.15, -0.1) is 0 Å². The van der Waals surface area contributed by atoms with Gasteiger partial charge >= 0.3 is 5.97 Å². The first kappa shape index (κ1) is 14.2. The van der Waals surface area contributed by atoms with E-state index in [1.807, 2.05) is 0 Å². The molecule has 0 aliphatic heterocycles. The summed E-state index contributed by atoms with van der Waals surface area (Å²) < 4.78 is 13.3. The van der Waals surface area contributed by atoms with Crippen molar-refractivity contribution in [3.05, 3.63) is 40.7 Å². The van der Waals surface area contributed by atoms with Crippen molar-refractivity contribution in [3.63, 3.8) is 0 Å². The third-order valence-corrected chi connectivity index (χ3v) is 2.46. The number of carbonyl (C=O) groups excluding carboxylic acids is 1. The molecule has 1 aromatic rings. The van der Waals surface area contributed by atoms with Crippen LogP contribution in [0.5, 0.6) is 0 Å². The SMILES string of the molecule is C[C@H](NC(=O)/C=C/c1c(F)cccc1Cl)C(=O)O. The molecular weight excluding hydrogens is 261 g/mol. The predicted molar refractivity (Wildman–Crippen MR) is 65.7 cm³/mol. The molecular formula is C12H11ClFNO3. The molecule has 0 aliphatic rings. The van der Waals surface area contributed by atoms with E-state index in [1.54, 1.807) is 0 Å². The van der Waals surface area contributed by atoms with Crippen LogP contribution in [-0.4, -0.2) is 23.0 Å². The molecule has 0 fully saturated rings. The first-order chi connectivity index (χ1) is 8.41. The molecule has 0 radical (unpaired) electrons. The van der Waals surface area contributed by atoms with Crippen LogP contribution in [0.25, 0.3) is 6.08 Å². The standard InChI is InChI=1S/C12H11ClFNO3/c1-7(12(17)18)15-11(16)6-5-8-9(13)3-2-4-10(8)14/h2-7H,1H3,(H,15,16)(H,17,18)/b6-5+/t7-/m0/s1. The number of hydrogen-bond acceptors (Lipinski definition) is 2. The van der Waals surface area contributed by atoms with Gasteiger partial charge in [0.1, 0.15) is 11.9 Å². The highest BCUT2D eigenvalue weighted by Crippen LogP contribution is 2.20. The molecule has 18 heavy (non-hydrogen) atoms. The van der Waals surface area contributed by atoms with Gasteiger partial charge in [-0.3, -0.25) is 9.59 Å². The van der Waals surface area contributed by atoms with Crippen LogP contribution in [0.2, 0.25) is 5.02 Å². The van der Waals surface area contributed by atoms with E-state index in [4.69, 9.17) is 16.7 Å². The Kier molecular flexibility index (Phi) is 4.85. The summed E-state index contributed by atoms with van der Waals surface area (Å²) in [5, 5.41) is 11.0. The number of nitrogens with one attached hydrogen (secondary N) is 1. The minimum Gasteiger partial charge on any atom is -0.480 e. The minimum atomic E-state index is -1.15. The third-order valence-electron chi connectivity index (χ3n) is 2.13. The van der Waals surface area contributed by atoms with E-state index in [-0.39, 0.29) is 10.6 Å². The largest absolute Gasteiger partial charge is 0.480 e. The van der Waals surface area contributed by atoms with Crippen LogP contribution in [-0.2, 0) is 9.59 Å². The van der Waals surface area contributed by atoms with Crippen LogP contribution in [0.1, 0.15) is 12.5 Å². The molecule has 0 heterocycles. The number of amides is 1. The third kappa shape index (κ3) is 3.85. The molecule has 1 aromatic carbocycles. The van der Waals surface area contributed by atoms with Crippen molar-refractivity contribution >= 4 is 29.6 Å². The molecule has 2 N–H and O–H groups in total. The van der Waals surface area contributed by atoms with Crippen LogP contribution >= 0.6 is 11.6 Å². The van der Waals surface area contributed by atoms with Gasteiger partial charge in [-0.2, -0.15) is 0 Å². The number of aliphatic carboxylic acids is 1. The number of benzene rings is 1. The van der Waals surface area contributed by atoms with Gasteiger partial charge in [0.2, 0.25) is 5.91 Å². The average Bonchev–Trinajstić information content (AvgIpc) is 2.28. The molecule has 6 heteroatoms. The van der Waals surface area contributed by atoms with Crippen LogP contribution in [0.3, 0.4) is 0 Å². The van der Waals surface area contributed by atoms with Gasteiger partial charge in [0, 0.05) is 11.6 Å². The molecule has 0 aliphatic carbocycles. The van der Waals surface area contributed by atoms with Crippen molar-refractivity contribution in [2.24, 2.45) is 0 Å². The Bertz CT molecular complexity index is 482. The van der Waals surface area contributed by atoms with Crippen molar-refractivity contribution in [1.29, 1.82) is 0 Å². The highest BCUT2D eigenvalue weighted by molar-refractivity contribution is 6.32. The highest BCUT2D eigenvalue weighted by Gasteiger charge is 2.12. The molecule has 0 saturated carbocycles. The van der Waals surface area contributed by atoms with E-state index >= 15 is 0 Å². The number of rotatable bonds is 4. The van der Waals surface area contributed by atoms with Gasteiger partial charge in [-0.25, -0.2) is 4.39 Å². The first-order valence-electron chi connectivity index (χ1n) is 5.07. The number of carboxylic acids is 1. The summed E-state index contributed by atoms with van der Waals surface area (Å²) >= 11 is 5.75. The van der Waals surface area contributed by atoms with Crippen LogP contribution in [0.15, 0.2) is 24.3 Å². The number of halogens is 2. The molecule has 1 rings (SSSR count). The summed E-state index contributed by atoms with van der Waals surface area (Å²) in [5.41, 5.74) is 0.0808. The summed E-state index contributed by atoms with van der Waals surface area (Å²) in [7, 11) is 0. The molecule has 0 spiro atoms. The van der Waals surface area contributed by atoms with Crippen molar-refractivity contribution in [1.82, 2.24) is 5.32 Å². The lowest BCUT2D eigenvalue weighted by atomic mass is 10.2. The summed E-state index contributed by atoms with van der Waals surface area (Å²) in [5.74, 6) is -2.34. The molecule has 96 valence electrons. The summed E-state index contributed by atoms with van der Waals surface area (Å²) in [4.78, 5) is 21.8. The van der Waals surface area contributed by atoms with Gasteiger partial charge in [-0.05, 0) is 25.1 Å². The fraction of sp³-hybridized carbons (Fsp3) is 0.167. The van der Waals surface area contributed by atoms with Crippen LogP contribution < -0.4 is 5.32 Å². The van der Waals surface area contributed by atoms with E-state index in [9.17, 15) is 14.0 Å². The quantitative estimate of drug-likeness (QED) is 0.824. The molecule has 0 saturated heterocycles. The normalized spacial score (nSPS) is 12.4. The first-order valence-corrected chi connectivity index (χ1v) is 5.45.